The molecule has 0 aliphatic rings. The normalized spacial score (nSPS) is 12.8. The van der Waals surface area contributed by atoms with Crippen molar-refractivity contribution in [2.24, 2.45) is 5.10 Å². The molecule has 4 nitrogen and oxygen atoms in total. The molecule has 6 heteroatoms. The predicted octanol–water partition coefficient (Wildman–Crippen LogP) is 5.21. The number of benzene rings is 2. The van der Waals surface area contributed by atoms with Crippen LogP contribution < -0.4 is 5.56 Å². The van der Waals surface area contributed by atoms with Gasteiger partial charge in [0.15, 0.2) is 0 Å². The summed E-state index contributed by atoms with van der Waals surface area (Å²) in [5.74, 6) is 0.762. The second kappa shape index (κ2) is 7.50. The van der Waals surface area contributed by atoms with Crippen LogP contribution in [0.25, 0.3) is 10.9 Å². The number of halogens is 2. The van der Waals surface area contributed by atoms with Crippen LogP contribution in [0, 0.1) is 0 Å². The maximum Gasteiger partial charge on any atom is 0.282 e. The number of hydrogen-bond donors (Lipinski definition) is 0. The van der Waals surface area contributed by atoms with Crippen molar-refractivity contribution in [1.82, 2.24) is 9.66 Å². The summed E-state index contributed by atoms with van der Waals surface area (Å²) in [4.78, 5) is 17.7. The average molecular weight is 419 g/mol. The summed E-state index contributed by atoms with van der Waals surface area (Å²) in [7, 11) is 0. The van der Waals surface area contributed by atoms with Crippen LogP contribution >= 0.6 is 27.5 Å². The lowest BCUT2D eigenvalue weighted by Crippen LogP contribution is -2.23. The van der Waals surface area contributed by atoms with Crippen LogP contribution in [0.2, 0.25) is 5.02 Å². The third kappa shape index (κ3) is 3.83. The van der Waals surface area contributed by atoms with E-state index in [-0.39, 0.29) is 11.5 Å². The van der Waals surface area contributed by atoms with Gasteiger partial charge in [0, 0.05) is 15.4 Å². The molecule has 3 aromatic rings. The molecule has 1 heterocycles. The van der Waals surface area contributed by atoms with E-state index in [0.717, 1.165) is 16.5 Å². The van der Waals surface area contributed by atoms with Gasteiger partial charge in [-0.25, -0.2) is 4.98 Å². The van der Waals surface area contributed by atoms with Crippen LogP contribution in [-0.4, -0.2) is 15.9 Å². The Morgan fingerprint density at radius 3 is 2.84 bits per heavy atom. The van der Waals surface area contributed by atoms with Gasteiger partial charge < -0.3 is 0 Å². The molecule has 0 spiro atoms. The van der Waals surface area contributed by atoms with E-state index in [9.17, 15) is 4.79 Å². The first-order chi connectivity index (χ1) is 12.0. The van der Waals surface area contributed by atoms with Gasteiger partial charge in [-0.3, -0.25) is 4.79 Å². The Morgan fingerprint density at radius 2 is 2.12 bits per heavy atom. The van der Waals surface area contributed by atoms with Crippen molar-refractivity contribution >= 4 is 44.6 Å². The molecule has 128 valence electrons. The van der Waals surface area contributed by atoms with Crippen molar-refractivity contribution in [3.8, 4) is 0 Å². The summed E-state index contributed by atoms with van der Waals surface area (Å²) in [6.07, 6.45) is 2.49. The van der Waals surface area contributed by atoms with Gasteiger partial charge in [-0.15, -0.1) is 0 Å². The van der Waals surface area contributed by atoms with Crippen molar-refractivity contribution in [2.45, 2.75) is 26.2 Å². The molecular formula is C19H17BrClN3O. The summed E-state index contributed by atoms with van der Waals surface area (Å²) in [5, 5.41) is 5.56. The highest BCUT2D eigenvalue weighted by Crippen LogP contribution is 2.20. The van der Waals surface area contributed by atoms with Gasteiger partial charge in [-0.1, -0.05) is 53.5 Å². The van der Waals surface area contributed by atoms with Crippen LogP contribution in [0.15, 0.2) is 56.8 Å². The molecular weight excluding hydrogens is 402 g/mol. The first-order valence-electron chi connectivity index (χ1n) is 8.01. The van der Waals surface area contributed by atoms with Gasteiger partial charge in [-0.05, 0) is 42.3 Å². The Hall–Kier alpha value is -1.98. The van der Waals surface area contributed by atoms with Crippen molar-refractivity contribution in [2.75, 3.05) is 0 Å². The molecule has 0 N–H and O–H groups in total. The summed E-state index contributed by atoms with van der Waals surface area (Å²) in [5.41, 5.74) is 1.32. The van der Waals surface area contributed by atoms with Crippen molar-refractivity contribution in [3.05, 3.63) is 73.7 Å². The van der Waals surface area contributed by atoms with Crippen LogP contribution in [0.5, 0.6) is 0 Å². The number of hydrogen-bond acceptors (Lipinski definition) is 3. The van der Waals surface area contributed by atoms with E-state index >= 15 is 0 Å². The molecule has 1 atom stereocenters. The highest BCUT2D eigenvalue weighted by atomic mass is 79.9. The predicted molar refractivity (Wildman–Crippen MR) is 107 cm³/mol. The molecule has 0 aliphatic carbocycles. The number of rotatable bonds is 4. The van der Waals surface area contributed by atoms with E-state index in [1.54, 1.807) is 24.4 Å². The first-order valence-corrected chi connectivity index (χ1v) is 9.19. The van der Waals surface area contributed by atoms with E-state index in [2.05, 4.69) is 32.9 Å². The molecule has 0 fully saturated rings. The SMILES string of the molecule is CC[C@@H](C)c1nc2ccc(Br)cc2c(=O)n1N=Cc1cccc(Cl)c1. The monoisotopic (exact) mass is 417 g/mol. The lowest BCUT2D eigenvalue weighted by molar-refractivity contribution is 0.613. The Kier molecular flexibility index (Phi) is 5.35. The summed E-state index contributed by atoms with van der Waals surface area (Å²) in [6, 6.07) is 12.8. The molecule has 0 bridgehead atoms. The molecule has 0 saturated carbocycles. The third-order valence-electron chi connectivity index (χ3n) is 4.06. The van der Waals surface area contributed by atoms with Crippen LogP contribution in [-0.2, 0) is 0 Å². The Bertz CT molecular complexity index is 1010. The lowest BCUT2D eigenvalue weighted by Gasteiger charge is -2.13. The van der Waals surface area contributed by atoms with Gasteiger partial charge in [0.05, 0.1) is 17.1 Å². The fourth-order valence-corrected chi connectivity index (χ4v) is 3.05. The molecule has 1 aromatic heterocycles. The average Bonchev–Trinajstić information content (AvgIpc) is 2.60. The fourth-order valence-electron chi connectivity index (χ4n) is 2.49. The lowest BCUT2D eigenvalue weighted by atomic mass is 10.1. The topological polar surface area (TPSA) is 47.2 Å². The molecule has 0 amide bonds. The highest BCUT2D eigenvalue weighted by molar-refractivity contribution is 9.10. The zero-order valence-electron chi connectivity index (χ0n) is 13.9. The van der Waals surface area contributed by atoms with Gasteiger partial charge in [0.1, 0.15) is 5.82 Å². The highest BCUT2D eigenvalue weighted by Gasteiger charge is 2.15. The minimum atomic E-state index is -0.181. The second-order valence-corrected chi connectivity index (χ2v) is 7.21. The largest absolute Gasteiger partial charge is 0.282 e. The first kappa shape index (κ1) is 17.8. The maximum atomic E-state index is 13.0. The van der Waals surface area contributed by atoms with E-state index in [0.29, 0.717) is 21.7 Å². The molecule has 2 aromatic carbocycles. The summed E-state index contributed by atoms with van der Waals surface area (Å²) < 4.78 is 2.23. The van der Waals surface area contributed by atoms with Crippen LogP contribution in [0.1, 0.15) is 37.6 Å². The second-order valence-electron chi connectivity index (χ2n) is 5.86. The van der Waals surface area contributed by atoms with Gasteiger partial charge in [-0.2, -0.15) is 9.78 Å². The van der Waals surface area contributed by atoms with Crippen molar-refractivity contribution in [3.63, 3.8) is 0 Å². The third-order valence-corrected chi connectivity index (χ3v) is 4.79. The smallest absolute Gasteiger partial charge is 0.267 e. The Labute approximate surface area is 159 Å². The van der Waals surface area contributed by atoms with E-state index in [1.807, 2.05) is 31.2 Å². The number of aromatic nitrogens is 2. The molecule has 3 rings (SSSR count). The van der Waals surface area contributed by atoms with Gasteiger partial charge in [0.2, 0.25) is 0 Å². The summed E-state index contributed by atoms with van der Waals surface area (Å²) in [6.45, 7) is 4.10. The molecule has 25 heavy (non-hydrogen) atoms. The molecule has 0 saturated heterocycles. The Balaban J connectivity index is 2.20. The zero-order chi connectivity index (χ0) is 18.0. The van der Waals surface area contributed by atoms with Gasteiger partial charge >= 0.3 is 0 Å². The van der Waals surface area contributed by atoms with Crippen LogP contribution in [0.3, 0.4) is 0 Å². The quantitative estimate of drug-likeness (QED) is 0.546. The van der Waals surface area contributed by atoms with E-state index in [1.165, 1.54) is 4.68 Å². The minimum Gasteiger partial charge on any atom is -0.267 e. The number of fused-ring (bicyclic) bond motifs is 1. The van der Waals surface area contributed by atoms with Crippen molar-refractivity contribution < 1.29 is 0 Å². The maximum absolute atomic E-state index is 13.0. The Morgan fingerprint density at radius 1 is 1.32 bits per heavy atom. The molecule has 0 aliphatic heterocycles. The van der Waals surface area contributed by atoms with Crippen molar-refractivity contribution in [1.29, 1.82) is 0 Å². The zero-order valence-corrected chi connectivity index (χ0v) is 16.3. The molecule has 0 radical (unpaired) electrons. The number of nitrogens with zero attached hydrogens (tertiary/aromatic N) is 3. The van der Waals surface area contributed by atoms with E-state index in [4.69, 9.17) is 11.6 Å². The standard InChI is InChI=1S/C19H17BrClN3O/c1-3-12(2)18-23-17-8-7-14(20)10-16(17)19(25)24(18)22-11-13-5-4-6-15(21)9-13/h4-12H,3H2,1-2H3/t12-/m1/s1. The van der Waals surface area contributed by atoms with Crippen LogP contribution in [0.4, 0.5) is 0 Å². The van der Waals surface area contributed by atoms with Gasteiger partial charge in [0.25, 0.3) is 5.56 Å². The molecule has 0 unspecified atom stereocenters. The summed E-state index contributed by atoms with van der Waals surface area (Å²) >= 11 is 9.42. The fraction of sp³-hybridized carbons (Fsp3) is 0.211. The van der Waals surface area contributed by atoms with E-state index < -0.39 is 0 Å². The minimum absolute atomic E-state index is 0.109.